The number of primary amides is 1. The summed E-state index contributed by atoms with van der Waals surface area (Å²) in [6.07, 6.45) is 3.49. The van der Waals surface area contributed by atoms with E-state index in [1.807, 2.05) is 0 Å². The molecule has 0 bridgehead atoms. The van der Waals surface area contributed by atoms with Crippen LogP contribution in [0.3, 0.4) is 0 Å². The number of amides is 2. The third-order valence-electron chi connectivity index (χ3n) is 1.88. The van der Waals surface area contributed by atoms with Crippen molar-refractivity contribution in [2.45, 2.75) is 13.3 Å². The van der Waals surface area contributed by atoms with Crippen LogP contribution in [-0.2, 0) is 4.79 Å². The lowest BCUT2D eigenvalue weighted by Crippen LogP contribution is -2.20. The zero-order chi connectivity index (χ0) is 12.7. The molecule has 0 unspecified atom stereocenters. The molecule has 0 saturated heterocycles. The third-order valence-corrected chi connectivity index (χ3v) is 1.88. The van der Waals surface area contributed by atoms with Gasteiger partial charge in [0.05, 0.1) is 5.56 Å². The molecule has 88 valence electrons. The minimum Gasteiger partial charge on any atom is -0.366 e. The predicted octanol–water partition coefficient (Wildman–Crippen LogP) is 0.0582. The summed E-state index contributed by atoms with van der Waals surface area (Å²) in [7, 11) is 0. The molecule has 0 spiro atoms. The first-order valence-corrected chi connectivity index (χ1v) is 5.08. The Hall–Kier alpha value is -2.35. The SMILES string of the molecule is CC(=O)NCCC#Cc1cncc(C(N)=O)c1. The summed E-state index contributed by atoms with van der Waals surface area (Å²) in [6, 6.07) is 1.58. The predicted molar refractivity (Wildman–Crippen MR) is 62.9 cm³/mol. The van der Waals surface area contributed by atoms with Crippen molar-refractivity contribution in [2.24, 2.45) is 5.73 Å². The minimum absolute atomic E-state index is 0.0795. The molecule has 5 heteroatoms. The van der Waals surface area contributed by atoms with Crippen molar-refractivity contribution < 1.29 is 9.59 Å². The first-order chi connectivity index (χ1) is 8.09. The fourth-order valence-electron chi connectivity index (χ4n) is 1.11. The molecule has 1 aromatic heterocycles. The Morgan fingerprint density at radius 3 is 2.88 bits per heavy atom. The molecule has 0 fully saturated rings. The van der Waals surface area contributed by atoms with Gasteiger partial charge in [-0.15, -0.1) is 0 Å². The highest BCUT2D eigenvalue weighted by molar-refractivity contribution is 5.92. The zero-order valence-corrected chi connectivity index (χ0v) is 9.49. The fraction of sp³-hybridized carbons (Fsp3) is 0.250. The van der Waals surface area contributed by atoms with Crippen LogP contribution >= 0.6 is 0 Å². The second kappa shape index (κ2) is 6.28. The molecular weight excluding hydrogens is 218 g/mol. The summed E-state index contributed by atoms with van der Waals surface area (Å²) in [5.41, 5.74) is 6.08. The minimum atomic E-state index is -0.528. The summed E-state index contributed by atoms with van der Waals surface area (Å²) >= 11 is 0. The Morgan fingerprint density at radius 2 is 2.24 bits per heavy atom. The molecule has 5 nitrogen and oxygen atoms in total. The first kappa shape index (κ1) is 12.7. The lowest BCUT2D eigenvalue weighted by atomic mass is 10.2. The van der Waals surface area contributed by atoms with Gasteiger partial charge in [0.25, 0.3) is 0 Å². The van der Waals surface area contributed by atoms with E-state index in [-0.39, 0.29) is 5.91 Å². The number of hydrogen-bond acceptors (Lipinski definition) is 3. The van der Waals surface area contributed by atoms with Crippen LogP contribution in [0.15, 0.2) is 18.5 Å². The van der Waals surface area contributed by atoms with Gasteiger partial charge in [-0.25, -0.2) is 0 Å². The molecule has 3 N–H and O–H groups in total. The molecule has 0 radical (unpaired) electrons. The average molecular weight is 231 g/mol. The van der Waals surface area contributed by atoms with Crippen molar-refractivity contribution in [2.75, 3.05) is 6.54 Å². The van der Waals surface area contributed by atoms with E-state index in [4.69, 9.17) is 5.73 Å². The van der Waals surface area contributed by atoms with Crippen LogP contribution in [0.1, 0.15) is 29.3 Å². The maximum absolute atomic E-state index is 10.9. The van der Waals surface area contributed by atoms with Gasteiger partial charge >= 0.3 is 0 Å². The number of pyridine rings is 1. The normalized spacial score (nSPS) is 9.00. The molecular formula is C12H13N3O2. The van der Waals surface area contributed by atoms with Crippen LogP contribution in [-0.4, -0.2) is 23.3 Å². The van der Waals surface area contributed by atoms with E-state index in [2.05, 4.69) is 22.1 Å². The highest BCUT2D eigenvalue weighted by Crippen LogP contribution is 2.00. The van der Waals surface area contributed by atoms with Gasteiger partial charge in [-0.1, -0.05) is 11.8 Å². The van der Waals surface area contributed by atoms with Gasteiger partial charge in [0, 0.05) is 37.8 Å². The van der Waals surface area contributed by atoms with Gasteiger partial charge in [0.2, 0.25) is 11.8 Å². The Bertz CT molecular complexity index is 486. The second-order valence-corrected chi connectivity index (χ2v) is 3.36. The van der Waals surface area contributed by atoms with E-state index in [0.717, 1.165) is 0 Å². The molecule has 17 heavy (non-hydrogen) atoms. The topological polar surface area (TPSA) is 85.1 Å². The first-order valence-electron chi connectivity index (χ1n) is 5.08. The number of nitrogens with zero attached hydrogens (tertiary/aromatic N) is 1. The van der Waals surface area contributed by atoms with E-state index in [0.29, 0.717) is 24.1 Å². The fourth-order valence-corrected chi connectivity index (χ4v) is 1.11. The monoisotopic (exact) mass is 231 g/mol. The maximum atomic E-state index is 10.9. The Balaban J connectivity index is 2.56. The summed E-state index contributed by atoms with van der Waals surface area (Å²) < 4.78 is 0. The lowest BCUT2D eigenvalue weighted by Gasteiger charge is -1.96. The van der Waals surface area contributed by atoms with Crippen molar-refractivity contribution >= 4 is 11.8 Å². The van der Waals surface area contributed by atoms with Crippen molar-refractivity contribution in [3.63, 3.8) is 0 Å². The van der Waals surface area contributed by atoms with E-state index < -0.39 is 5.91 Å². The largest absolute Gasteiger partial charge is 0.366 e. The van der Waals surface area contributed by atoms with E-state index in [1.54, 1.807) is 12.3 Å². The molecule has 1 aromatic rings. The number of carbonyl (C=O) groups excluding carboxylic acids is 2. The van der Waals surface area contributed by atoms with Gasteiger partial charge in [-0.3, -0.25) is 14.6 Å². The van der Waals surface area contributed by atoms with Crippen LogP contribution in [0.25, 0.3) is 0 Å². The van der Waals surface area contributed by atoms with Crippen LogP contribution in [0.4, 0.5) is 0 Å². The molecule has 0 aliphatic heterocycles. The summed E-state index contributed by atoms with van der Waals surface area (Å²) in [5, 5.41) is 2.63. The second-order valence-electron chi connectivity index (χ2n) is 3.36. The van der Waals surface area contributed by atoms with E-state index >= 15 is 0 Å². The number of carbonyl (C=O) groups is 2. The van der Waals surface area contributed by atoms with Gasteiger partial charge in [0.15, 0.2) is 0 Å². The number of nitrogens with one attached hydrogen (secondary N) is 1. The maximum Gasteiger partial charge on any atom is 0.250 e. The van der Waals surface area contributed by atoms with E-state index in [9.17, 15) is 9.59 Å². The number of aromatic nitrogens is 1. The molecule has 1 heterocycles. The zero-order valence-electron chi connectivity index (χ0n) is 9.49. The quantitative estimate of drug-likeness (QED) is 0.569. The van der Waals surface area contributed by atoms with Gasteiger partial charge in [-0.2, -0.15) is 0 Å². The van der Waals surface area contributed by atoms with Crippen molar-refractivity contribution in [3.05, 3.63) is 29.6 Å². The molecule has 0 aliphatic carbocycles. The Morgan fingerprint density at radius 1 is 1.47 bits per heavy atom. The lowest BCUT2D eigenvalue weighted by molar-refractivity contribution is -0.118. The molecule has 1 rings (SSSR count). The standard InChI is InChI=1S/C12H13N3O2/c1-9(16)15-5-3-2-4-10-6-11(12(13)17)8-14-7-10/h6-8H,3,5H2,1H3,(H2,13,17)(H,15,16). The average Bonchev–Trinajstić information content (AvgIpc) is 2.28. The third kappa shape index (κ3) is 4.80. The van der Waals surface area contributed by atoms with Crippen LogP contribution < -0.4 is 11.1 Å². The van der Waals surface area contributed by atoms with Crippen LogP contribution in [0, 0.1) is 11.8 Å². The van der Waals surface area contributed by atoms with Gasteiger partial charge in [0.1, 0.15) is 0 Å². The van der Waals surface area contributed by atoms with Crippen LogP contribution in [0.2, 0.25) is 0 Å². The number of rotatable bonds is 3. The van der Waals surface area contributed by atoms with E-state index in [1.165, 1.54) is 13.1 Å². The van der Waals surface area contributed by atoms with Gasteiger partial charge < -0.3 is 11.1 Å². The smallest absolute Gasteiger partial charge is 0.250 e. The number of nitrogens with two attached hydrogens (primary N) is 1. The molecule has 0 atom stereocenters. The molecule has 0 aliphatic rings. The highest BCUT2D eigenvalue weighted by atomic mass is 16.1. The molecule has 0 aromatic carbocycles. The molecule has 0 saturated carbocycles. The van der Waals surface area contributed by atoms with Crippen molar-refractivity contribution in [3.8, 4) is 11.8 Å². The Kier molecular flexibility index (Phi) is 4.70. The summed E-state index contributed by atoms with van der Waals surface area (Å²) in [6.45, 7) is 1.96. The highest BCUT2D eigenvalue weighted by Gasteiger charge is 1.99. The van der Waals surface area contributed by atoms with Crippen LogP contribution in [0.5, 0.6) is 0 Å². The van der Waals surface area contributed by atoms with Gasteiger partial charge in [-0.05, 0) is 6.07 Å². The van der Waals surface area contributed by atoms with Crippen molar-refractivity contribution in [1.82, 2.24) is 10.3 Å². The molecule has 2 amide bonds. The summed E-state index contributed by atoms with van der Waals surface area (Å²) in [4.78, 5) is 25.3. The Labute approximate surface area is 99.4 Å². The summed E-state index contributed by atoms with van der Waals surface area (Å²) in [5.74, 6) is 5.10. The number of hydrogen-bond donors (Lipinski definition) is 2. The van der Waals surface area contributed by atoms with Crippen molar-refractivity contribution in [1.29, 1.82) is 0 Å².